The van der Waals surface area contributed by atoms with Crippen molar-refractivity contribution >= 4 is 21.9 Å². The van der Waals surface area contributed by atoms with Crippen LogP contribution in [0.5, 0.6) is 5.75 Å². The van der Waals surface area contributed by atoms with Gasteiger partial charge in [0.2, 0.25) is 0 Å². The Morgan fingerprint density at radius 3 is 2.60 bits per heavy atom. The average molecular weight is 275 g/mol. The number of carboxylic acids is 1. The first-order valence-electron chi connectivity index (χ1n) is 4.18. The second-order valence-electron chi connectivity index (χ2n) is 2.88. The highest BCUT2D eigenvalue weighted by Gasteiger charge is 2.16. The maximum Gasteiger partial charge on any atom is 0.339 e. The van der Waals surface area contributed by atoms with Crippen molar-refractivity contribution in [3.8, 4) is 5.75 Å². The number of carboxylic acid groups (broad SMARTS) is 1. The summed E-state index contributed by atoms with van der Waals surface area (Å²) >= 11 is 3.24. The number of hydrogen-bond donors (Lipinski definition) is 1. The number of carbonyl (C=O) groups is 1. The van der Waals surface area contributed by atoms with Gasteiger partial charge in [-0.05, 0) is 12.1 Å². The number of ether oxygens (including phenoxy) is 2. The van der Waals surface area contributed by atoms with Gasteiger partial charge in [-0.15, -0.1) is 0 Å². The molecule has 1 aromatic carbocycles. The van der Waals surface area contributed by atoms with E-state index in [4.69, 9.17) is 14.6 Å². The van der Waals surface area contributed by atoms with Crippen LogP contribution in [0.25, 0.3) is 0 Å². The van der Waals surface area contributed by atoms with Gasteiger partial charge < -0.3 is 14.6 Å². The summed E-state index contributed by atoms with van der Waals surface area (Å²) in [5.41, 5.74) is 0.825. The van der Waals surface area contributed by atoms with Crippen molar-refractivity contribution in [2.45, 2.75) is 6.61 Å². The van der Waals surface area contributed by atoms with Gasteiger partial charge in [-0.3, -0.25) is 0 Å². The van der Waals surface area contributed by atoms with E-state index in [-0.39, 0.29) is 5.56 Å². The predicted molar refractivity (Wildman–Crippen MR) is 58.4 cm³/mol. The topological polar surface area (TPSA) is 55.8 Å². The van der Waals surface area contributed by atoms with Crippen LogP contribution in [-0.4, -0.2) is 25.3 Å². The molecule has 0 radical (unpaired) electrons. The van der Waals surface area contributed by atoms with E-state index >= 15 is 0 Å². The van der Waals surface area contributed by atoms with Gasteiger partial charge >= 0.3 is 5.97 Å². The summed E-state index contributed by atoms with van der Waals surface area (Å²) < 4.78 is 10.7. The molecule has 0 aromatic heterocycles. The molecule has 82 valence electrons. The van der Waals surface area contributed by atoms with Crippen molar-refractivity contribution in [1.29, 1.82) is 0 Å². The summed E-state index contributed by atoms with van der Waals surface area (Å²) in [6.07, 6.45) is 0. The fraction of sp³-hybridized carbons (Fsp3) is 0.300. The second-order valence-corrected chi connectivity index (χ2v) is 3.80. The molecule has 1 N–H and O–H groups in total. The summed E-state index contributed by atoms with van der Waals surface area (Å²) in [6.45, 7) is 0.308. The summed E-state index contributed by atoms with van der Waals surface area (Å²) in [5, 5.41) is 8.97. The smallest absolute Gasteiger partial charge is 0.339 e. The summed E-state index contributed by atoms with van der Waals surface area (Å²) in [7, 11) is 2.98. The zero-order valence-electron chi connectivity index (χ0n) is 8.41. The van der Waals surface area contributed by atoms with Gasteiger partial charge in [0.1, 0.15) is 11.3 Å². The van der Waals surface area contributed by atoms with E-state index in [1.165, 1.54) is 13.2 Å². The Hall–Kier alpha value is -1.07. The van der Waals surface area contributed by atoms with E-state index in [9.17, 15) is 4.79 Å². The number of rotatable bonds is 4. The molecule has 0 bridgehead atoms. The SMILES string of the molecule is COCc1cc(Br)cc(C(=O)O)c1OC. The zero-order valence-corrected chi connectivity index (χ0v) is 10.00. The monoisotopic (exact) mass is 274 g/mol. The van der Waals surface area contributed by atoms with Crippen molar-refractivity contribution in [2.75, 3.05) is 14.2 Å². The molecule has 0 heterocycles. The molecule has 0 fully saturated rings. The maximum atomic E-state index is 10.9. The highest BCUT2D eigenvalue weighted by atomic mass is 79.9. The lowest BCUT2D eigenvalue weighted by Gasteiger charge is -2.11. The van der Waals surface area contributed by atoms with Crippen LogP contribution in [0.1, 0.15) is 15.9 Å². The summed E-state index contributed by atoms with van der Waals surface area (Å²) in [6, 6.07) is 3.27. The van der Waals surface area contributed by atoms with Crippen LogP contribution >= 0.6 is 15.9 Å². The van der Waals surface area contributed by atoms with Gasteiger partial charge in [0.25, 0.3) is 0 Å². The highest BCUT2D eigenvalue weighted by Crippen LogP contribution is 2.28. The molecule has 1 rings (SSSR count). The average Bonchev–Trinajstić information content (AvgIpc) is 2.17. The Kier molecular flexibility index (Phi) is 4.11. The minimum absolute atomic E-state index is 0.124. The highest BCUT2D eigenvalue weighted by molar-refractivity contribution is 9.10. The second kappa shape index (κ2) is 5.14. The van der Waals surface area contributed by atoms with Gasteiger partial charge in [0, 0.05) is 17.1 Å². The van der Waals surface area contributed by atoms with E-state index in [1.807, 2.05) is 0 Å². The van der Waals surface area contributed by atoms with Crippen molar-refractivity contribution < 1.29 is 19.4 Å². The lowest BCUT2D eigenvalue weighted by atomic mass is 10.1. The molecule has 4 nitrogen and oxygen atoms in total. The Labute approximate surface area is 95.9 Å². The van der Waals surface area contributed by atoms with Crippen molar-refractivity contribution in [3.63, 3.8) is 0 Å². The standard InChI is InChI=1S/C10H11BrO4/c1-14-5-6-3-7(11)4-8(10(12)13)9(6)15-2/h3-4H,5H2,1-2H3,(H,12,13). The fourth-order valence-electron chi connectivity index (χ4n) is 1.31. The molecule has 0 aliphatic heterocycles. The van der Waals surface area contributed by atoms with Gasteiger partial charge in [-0.25, -0.2) is 4.79 Å². The van der Waals surface area contributed by atoms with E-state index in [0.29, 0.717) is 22.4 Å². The van der Waals surface area contributed by atoms with E-state index in [0.717, 1.165) is 0 Å². The van der Waals surface area contributed by atoms with Gasteiger partial charge in [-0.2, -0.15) is 0 Å². The number of methoxy groups -OCH3 is 2. The maximum absolute atomic E-state index is 10.9. The first-order valence-corrected chi connectivity index (χ1v) is 4.98. The van der Waals surface area contributed by atoms with E-state index < -0.39 is 5.97 Å². The molecule has 1 aromatic rings. The van der Waals surface area contributed by atoms with Gasteiger partial charge in [-0.1, -0.05) is 15.9 Å². The number of hydrogen-bond acceptors (Lipinski definition) is 3. The molecule has 5 heteroatoms. The Morgan fingerprint density at radius 1 is 1.47 bits per heavy atom. The minimum Gasteiger partial charge on any atom is -0.495 e. The van der Waals surface area contributed by atoms with Crippen LogP contribution in [0.15, 0.2) is 16.6 Å². The summed E-state index contributed by atoms with van der Waals surface area (Å²) in [4.78, 5) is 10.9. The largest absolute Gasteiger partial charge is 0.495 e. The fourth-order valence-corrected chi connectivity index (χ4v) is 1.82. The molecule has 15 heavy (non-hydrogen) atoms. The first kappa shape index (κ1) is 12.0. The first-order chi connectivity index (χ1) is 7.10. The Balaban J connectivity index is 3.31. The third-order valence-electron chi connectivity index (χ3n) is 1.86. The molecule has 0 amide bonds. The lowest BCUT2D eigenvalue weighted by Crippen LogP contribution is -2.04. The predicted octanol–water partition coefficient (Wildman–Crippen LogP) is 2.30. The van der Waals surface area contributed by atoms with Crippen LogP contribution in [0.3, 0.4) is 0 Å². The number of benzene rings is 1. The van der Waals surface area contributed by atoms with Gasteiger partial charge in [0.15, 0.2) is 0 Å². The third-order valence-corrected chi connectivity index (χ3v) is 2.32. The molecule has 0 unspecified atom stereocenters. The number of halogens is 1. The molecule has 0 aliphatic rings. The molecule has 0 spiro atoms. The van der Waals surface area contributed by atoms with Crippen molar-refractivity contribution in [3.05, 3.63) is 27.7 Å². The van der Waals surface area contributed by atoms with E-state index in [1.54, 1.807) is 13.2 Å². The summed E-state index contributed by atoms with van der Waals surface area (Å²) in [5.74, 6) is -0.682. The van der Waals surface area contributed by atoms with Gasteiger partial charge in [0.05, 0.1) is 13.7 Å². The quantitative estimate of drug-likeness (QED) is 0.916. The van der Waals surface area contributed by atoms with Crippen molar-refractivity contribution in [1.82, 2.24) is 0 Å². The lowest BCUT2D eigenvalue weighted by molar-refractivity contribution is 0.0692. The molecular weight excluding hydrogens is 264 g/mol. The normalized spacial score (nSPS) is 10.1. The molecule has 0 atom stereocenters. The van der Waals surface area contributed by atoms with E-state index in [2.05, 4.69) is 15.9 Å². The van der Waals surface area contributed by atoms with Crippen LogP contribution in [0.2, 0.25) is 0 Å². The Bertz CT molecular complexity index is 376. The molecule has 0 aliphatic carbocycles. The Morgan fingerprint density at radius 2 is 2.13 bits per heavy atom. The molecule has 0 saturated heterocycles. The minimum atomic E-state index is -1.02. The van der Waals surface area contributed by atoms with Crippen molar-refractivity contribution in [2.24, 2.45) is 0 Å². The van der Waals surface area contributed by atoms with Crippen LogP contribution < -0.4 is 4.74 Å². The number of aromatic carboxylic acids is 1. The van der Waals surface area contributed by atoms with Crippen LogP contribution in [0.4, 0.5) is 0 Å². The zero-order chi connectivity index (χ0) is 11.4. The molecular formula is C10H11BrO4. The molecule has 0 saturated carbocycles. The van der Waals surface area contributed by atoms with Crippen LogP contribution in [0, 0.1) is 0 Å². The van der Waals surface area contributed by atoms with Crippen LogP contribution in [-0.2, 0) is 11.3 Å². The third kappa shape index (κ3) is 2.70.